The highest BCUT2D eigenvalue weighted by molar-refractivity contribution is 7.99. The van der Waals surface area contributed by atoms with Crippen LogP contribution >= 0.6 is 23.4 Å². The van der Waals surface area contributed by atoms with Crippen molar-refractivity contribution in [2.24, 2.45) is 0 Å². The third kappa shape index (κ3) is 6.37. The number of rotatable bonds is 8. The second-order valence-corrected chi connectivity index (χ2v) is 8.13. The Hall–Kier alpha value is -3.26. The largest absolute Gasteiger partial charge is 0.507 e. The molecule has 0 aliphatic rings. The average molecular weight is 469 g/mol. The monoisotopic (exact) mass is 468 g/mol. The number of hydrogen-bond donors (Lipinski definition) is 4. The molecular weight excluding hydrogens is 448 g/mol. The van der Waals surface area contributed by atoms with Gasteiger partial charge in [0.1, 0.15) is 11.4 Å². The molecule has 0 bridgehead atoms. The van der Waals surface area contributed by atoms with Gasteiger partial charge in [-0.15, -0.1) is 0 Å². The van der Waals surface area contributed by atoms with E-state index in [-0.39, 0.29) is 30.2 Å². The maximum absolute atomic E-state index is 12.6. The van der Waals surface area contributed by atoms with Gasteiger partial charge in [-0.25, -0.2) is 0 Å². The molecule has 0 saturated carbocycles. The molecule has 0 aliphatic heterocycles. The van der Waals surface area contributed by atoms with E-state index in [4.69, 9.17) is 16.7 Å². The van der Waals surface area contributed by atoms with Crippen molar-refractivity contribution >= 4 is 41.3 Å². The molecule has 4 N–H and O–H groups in total. The highest BCUT2D eigenvalue weighted by Gasteiger charge is 2.16. The summed E-state index contributed by atoms with van der Waals surface area (Å²) in [6, 6.07) is 21.0. The van der Waals surface area contributed by atoms with Gasteiger partial charge >= 0.3 is 0 Å². The first-order chi connectivity index (χ1) is 15.5. The number of carbonyl (C=O) groups excluding carboxylic acids is 2. The number of amides is 2. The summed E-state index contributed by atoms with van der Waals surface area (Å²) in [5, 5.41) is 24.6. The van der Waals surface area contributed by atoms with Gasteiger partial charge in [0.2, 0.25) is 0 Å². The fourth-order valence-corrected chi connectivity index (χ4v) is 3.82. The van der Waals surface area contributed by atoms with Crippen molar-refractivity contribution in [3.63, 3.8) is 0 Å². The predicted molar refractivity (Wildman–Crippen MR) is 126 cm³/mol. The first-order valence-corrected chi connectivity index (χ1v) is 10.9. The summed E-state index contributed by atoms with van der Waals surface area (Å²) < 4.78 is 0. The van der Waals surface area contributed by atoms with Crippen molar-refractivity contribution in [2.45, 2.75) is 9.79 Å². The van der Waals surface area contributed by atoms with Crippen LogP contribution in [0.2, 0.25) is 5.02 Å². The zero-order chi connectivity index (χ0) is 22.9. The second-order valence-electron chi connectivity index (χ2n) is 6.61. The number of nitrogens with one attached hydrogen (secondary N) is 2. The number of aromatic hydroxyl groups is 1. The van der Waals surface area contributed by atoms with Crippen molar-refractivity contribution < 1.29 is 19.8 Å². The Morgan fingerprint density at radius 2 is 1.66 bits per heavy atom. The minimum atomic E-state index is -0.626. The van der Waals surface area contributed by atoms with Gasteiger partial charge in [0.25, 0.3) is 11.8 Å². The minimum Gasteiger partial charge on any atom is -0.507 e. The molecule has 2 amide bonds. The van der Waals surface area contributed by atoms with E-state index < -0.39 is 11.8 Å². The van der Waals surface area contributed by atoms with Crippen LogP contribution in [0.15, 0.2) is 88.3 Å². The van der Waals surface area contributed by atoms with Crippen molar-refractivity contribution in [3.8, 4) is 5.75 Å². The Bertz CT molecular complexity index is 1130. The standard InChI is InChI=1S/C24H21ClN2O4S/c25-19-6-2-4-8-22(19)32-17-11-9-16(10-12-17)15-20(24(31)26-13-14-28)27-23(30)18-5-1-3-7-21(18)29/h1-12,15,28-29H,13-14H2,(H,26,31)(H,27,30)/b20-15+. The van der Waals surface area contributed by atoms with E-state index in [1.54, 1.807) is 12.1 Å². The normalized spacial score (nSPS) is 11.1. The molecule has 3 rings (SSSR count). The number of benzene rings is 3. The van der Waals surface area contributed by atoms with Crippen LogP contribution in [-0.4, -0.2) is 35.2 Å². The van der Waals surface area contributed by atoms with Crippen LogP contribution in [0.4, 0.5) is 0 Å². The Balaban J connectivity index is 1.81. The number of aliphatic hydroxyl groups is 1. The lowest BCUT2D eigenvalue weighted by Gasteiger charge is -2.11. The van der Waals surface area contributed by atoms with Gasteiger partial charge in [-0.05, 0) is 48.0 Å². The average Bonchev–Trinajstić information content (AvgIpc) is 2.80. The highest BCUT2D eigenvalue weighted by atomic mass is 35.5. The molecule has 0 heterocycles. The van der Waals surface area contributed by atoms with Crippen molar-refractivity contribution in [1.29, 1.82) is 0 Å². The Morgan fingerprint density at radius 1 is 0.969 bits per heavy atom. The molecule has 8 heteroatoms. The lowest BCUT2D eigenvalue weighted by atomic mass is 10.1. The van der Waals surface area contributed by atoms with Crippen LogP contribution in [-0.2, 0) is 4.79 Å². The molecule has 0 spiro atoms. The second kappa shape index (κ2) is 11.4. The van der Waals surface area contributed by atoms with E-state index in [1.165, 1.54) is 30.0 Å². The molecular formula is C24H21ClN2O4S. The van der Waals surface area contributed by atoms with Crippen molar-refractivity contribution in [2.75, 3.05) is 13.2 Å². The van der Waals surface area contributed by atoms with E-state index in [9.17, 15) is 14.7 Å². The third-order valence-electron chi connectivity index (χ3n) is 4.29. The first-order valence-electron chi connectivity index (χ1n) is 9.70. The minimum absolute atomic E-state index is 0.0155. The number of hydrogen-bond acceptors (Lipinski definition) is 5. The van der Waals surface area contributed by atoms with Crippen LogP contribution in [0, 0.1) is 0 Å². The SMILES string of the molecule is O=C(NCCO)/C(=C\c1ccc(Sc2ccccc2Cl)cc1)NC(=O)c1ccccc1O. The Kier molecular flexibility index (Phi) is 8.33. The molecule has 0 atom stereocenters. The van der Waals surface area contributed by atoms with Crippen LogP contribution in [0.5, 0.6) is 5.75 Å². The lowest BCUT2D eigenvalue weighted by Crippen LogP contribution is -2.36. The molecule has 0 aromatic heterocycles. The lowest BCUT2D eigenvalue weighted by molar-refractivity contribution is -0.117. The van der Waals surface area contributed by atoms with Gasteiger partial charge in [0.15, 0.2) is 0 Å². The molecule has 0 fully saturated rings. The fraction of sp³-hybridized carbons (Fsp3) is 0.0833. The highest BCUT2D eigenvalue weighted by Crippen LogP contribution is 2.33. The summed E-state index contributed by atoms with van der Waals surface area (Å²) in [6.45, 7) is -0.198. The van der Waals surface area contributed by atoms with Crippen LogP contribution in [0.25, 0.3) is 6.08 Å². The van der Waals surface area contributed by atoms with Gasteiger partial charge in [-0.1, -0.05) is 59.8 Å². The zero-order valence-electron chi connectivity index (χ0n) is 16.9. The molecule has 3 aromatic rings. The van der Waals surface area contributed by atoms with Gasteiger partial charge in [-0.3, -0.25) is 9.59 Å². The molecule has 3 aromatic carbocycles. The maximum Gasteiger partial charge on any atom is 0.267 e. The van der Waals surface area contributed by atoms with Crippen LogP contribution < -0.4 is 10.6 Å². The summed E-state index contributed by atoms with van der Waals surface area (Å²) >= 11 is 7.72. The number of phenols is 1. The third-order valence-corrected chi connectivity index (χ3v) is 5.82. The van der Waals surface area contributed by atoms with E-state index in [1.807, 2.05) is 48.5 Å². The molecule has 6 nitrogen and oxygen atoms in total. The van der Waals surface area contributed by atoms with Crippen LogP contribution in [0.1, 0.15) is 15.9 Å². The van der Waals surface area contributed by atoms with E-state index in [0.717, 1.165) is 9.79 Å². The first kappa shape index (κ1) is 23.4. The van der Waals surface area contributed by atoms with Crippen molar-refractivity contribution in [1.82, 2.24) is 10.6 Å². The number of para-hydroxylation sites is 1. The smallest absolute Gasteiger partial charge is 0.267 e. The molecule has 0 radical (unpaired) electrons. The summed E-state index contributed by atoms with van der Waals surface area (Å²) in [5.74, 6) is -1.38. The van der Waals surface area contributed by atoms with E-state index >= 15 is 0 Å². The molecule has 0 aliphatic carbocycles. The molecule has 164 valence electrons. The van der Waals surface area contributed by atoms with Gasteiger partial charge < -0.3 is 20.8 Å². The fourth-order valence-electron chi connectivity index (χ4n) is 2.73. The number of phenolic OH excluding ortho intramolecular Hbond substituents is 1. The number of aliphatic hydroxyl groups excluding tert-OH is 1. The van der Waals surface area contributed by atoms with Crippen molar-refractivity contribution in [3.05, 3.63) is 94.6 Å². The van der Waals surface area contributed by atoms with Crippen LogP contribution in [0.3, 0.4) is 0 Å². The molecule has 0 saturated heterocycles. The summed E-state index contributed by atoms with van der Waals surface area (Å²) in [7, 11) is 0. The van der Waals surface area contributed by atoms with E-state index in [2.05, 4.69) is 10.6 Å². The predicted octanol–water partition coefficient (Wildman–Crippen LogP) is 4.08. The quantitative estimate of drug-likeness (QED) is 0.373. The number of halogens is 1. The Morgan fingerprint density at radius 3 is 2.34 bits per heavy atom. The molecule has 0 unspecified atom stereocenters. The zero-order valence-corrected chi connectivity index (χ0v) is 18.5. The number of carbonyl (C=O) groups is 2. The summed E-state index contributed by atoms with van der Waals surface area (Å²) in [5.41, 5.74) is 0.707. The topological polar surface area (TPSA) is 98.7 Å². The van der Waals surface area contributed by atoms with Gasteiger partial charge in [0.05, 0.1) is 17.2 Å². The van der Waals surface area contributed by atoms with Gasteiger partial charge in [0, 0.05) is 16.3 Å². The summed E-state index contributed by atoms with van der Waals surface area (Å²) in [6.07, 6.45) is 1.52. The van der Waals surface area contributed by atoms with E-state index in [0.29, 0.717) is 10.6 Å². The van der Waals surface area contributed by atoms with Gasteiger partial charge in [-0.2, -0.15) is 0 Å². The summed E-state index contributed by atoms with van der Waals surface area (Å²) in [4.78, 5) is 27.0. The Labute approximate surface area is 194 Å². The maximum atomic E-state index is 12.6. The molecule has 32 heavy (non-hydrogen) atoms.